The second-order valence-corrected chi connectivity index (χ2v) is 5.79. The molecule has 3 rings (SSSR count). The predicted octanol–water partition coefficient (Wildman–Crippen LogP) is 3.13. The van der Waals surface area contributed by atoms with Gasteiger partial charge in [-0.1, -0.05) is 37.3 Å². The molecular weight excluding hydrogens is 302 g/mol. The van der Waals surface area contributed by atoms with Gasteiger partial charge in [-0.05, 0) is 36.2 Å². The molecule has 2 aromatic carbocycles. The minimum absolute atomic E-state index is 0.0672. The summed E-state index contributed by atoms with van der Waals surface area (Å²) < 4.78 is 0. The molecule has 0 radical (unpaired) electrons. The van der Waals surface area contributed by atoms with Crippen LogP contribution in [0.15, 0.2) is 54.6 Å². The number of hydrogen-bond acceptors (Lipinski definition) is 2. The lowest BCUT2D eigenvalue weighted by Gasteiger charge is -2.18. The SMILES string of the molecule is CCc1ccc(NC(=O)CN2CCN(c3ccccc3)C2=O)cc1. The van der Waals surface area contributed by atoms with Gasteiger partial charge in [-0.15, -0.1) is 0 Å². The molecule has 0 bridgehead atoms. The standard InChI is InChI=1S/C19H21N3O2/c1-2-15-8-10-16(11-9-15)20-18(23)14-21-12-13-22(19(21)24)17-6-4-3-5-7-17/h3-11H,2,12-14H2,1H3,(H,20,23). The van der Waals surface area contributed by atoms with Crippen LogP contribution in [-0.4, -0.2) is 36.5 Å². The number of anilines is 2. The summed E-state index contributed by atoms with van der Waals surface area (Å²) in [4.78, 5) is 27.9. The molecule has 0 spiro atoms. The number of nitrogens with zero attached hydrogens (tertiary/aromatic N) is 2. The number of carbonyl (C=O) groups excluding carboxylic acids is 2. The molecule has 0 unspecified atom stereocenters. The number of carbonyl (C=O) groups is 2. The first kappa shape index (κ1) is 16.1. The zero-order valence-corrected chi connectivity index (χ0v) is 13.7. The van der Waals surface area contributed by atoms with Crippen LogP contribution in [0.5, 0.6) is 0 Å². The highest BCUT2D eigenvalue weighted by atomic mass is 16.2. The topological polar surface area (TPSA) is 52.7 Å². The Bertz CT molecular complexity index is 713. The summed E-state index contributed by atoms with van der Waals surface area (Å²) in [5, 5.41) is 2.84. The number of nitrogens with one attached hydrogen (secondary N) is 1. The molecule has 1 aliphatic heterocycles. The van der Waals surface area contributed by atoms with Crippen molar-refractivity contribution >= 4 is 23.3 Å². The van der Waals surface area contributed by atoms with Crippen LogP contribution in [0.3, 0.4) is 0 Å². The van der Waals surface area contributed by atoms with E-state index in [1.165, 1.54) is 5.56 Å². The Balaban J connectivity index is 1.58. The van der Waals surface area contributed by atoms with Gasteiger partial charge in [0.2, 0.25) is 5.91 Å². The van der Waals surface area contributed by atoms with E-state index in [1.54, 1.807) is 9.80 Å². The number of urea groups is 1. The van der Waals surface area contributed by atoms with E-state index in [0.717, 1.165) is 17.8 Å². The third kappa shape index (κ3) is 3.56. The molecule has 1 saturated heterocycles. The molecule has 3 amide bonds. The number of amides is 3. The molecule has 0 atom stereocenters. The molecule has 24 heavy (non-hydrogen) atoms. The Morgan fingerprint density at radius 3 is 2.42 bits per heavy atom. The van der Waals surface area contributed by atoms with Crippen molar-refractivity contribution in [2.45, 2.75) is 13.3 Å². The lowest BCUT2D eigenvalue weighted by Crippen LogP contribution is -2.37. The van der Waals surface area contributed by atoms with Gasteiger partial charge in [0.05, 0.1) is 0 Å². The Morgan fingerprint density at radius 1 is 1.04 bits per heavy atom. The summed E-state index contributed by atoms with van der Waals surface area (Å²) in [6.07, 6.45) is 0.964. The van der Waals surface area contributed by atoms with Crippen LogP contribution in [0, 0.1) is 0 Å². The normalized spacial score (nSPS) is 14.1. The van der Waals surface area contributed by atoms with E-state index < -0.39 is 0 Å². The van der Waals surface area contributed by atoms with Crippen LogP contribution in [-0.2, 0) is 11.2 Å². The molecule has 124 valence electrons. The van der Waals surface area contributed by atoms with Crippen molar-refractivity contribution in [2.75, 3.05) is 29.9 Å². The molecule has 1 N–H and O–H groups in total. The van der Waals surface area contributed by atoms with Gasteiger partial charge in [-0.25, -0.2) is 4.79 Å². The van der Waals surface area contributed by atoms with Crippen LogP contribution in [0.4, 0.5) is 16.2 Å². The highest BCUT2D eigenvalue weighted by molar-refractivity contribution is 5.99. The van der Waals surface area contributed by atoms with Crippen molar-refractivity contribution in [2.24, 2.45) is 0 Å². The largest absolute Gasteiger partial charge is 0.325 e. The van der Waals surface area contributed by atoms with Crippen LogP contribution in [0.25, 0.3) is 0 Å². The van der Waals surface area contributed by atoms with Crippen molar-refractivity contribution < 1.29 is 9.59 Å². The Hall–Kier alpha value is -2.82. The maximum Gasteiger partial charge on any atom is 0.325 e. The van der Waals surface area contributed by atoms with Gasteiger partial charge in [0.1, 0.15) is 6.54 Å². The number of aryl methyl sites for hydroxylation is 1. The zero-order chi connectivity index (χ0) is 16.9. The Labute approximate surface area is 141 Å². The van der Waals surface area contributed by atoms with E-state index in [1.807, 2.05) is 54.6 Å². The highest BCUT2D eigenvalue weighted by Crippen LogP contribution is 2.19. The van der Waals surface area contributed by atoms with Crippen molar-refractivity contribution in [3.63, 3.8) is 0 Å². The quantitative estimate of drug-likeness (QED) is 0.919. The molecule has 0 saturated carbocycles. The fourth-order valence-corrected chi connectivity index (χ4v) is 2.77. The molecule has 0 aliphatic carbocycles. The molecule has 1 fully saturated rings. The molecule has 1 heterocycles. The van der Waals surface area contributed by atoms with Crippen molar-refractivity contribution in [3.8, 4) is 0 Å². The maximum absolute atomic E-state index is 12.4. The maximum atomic E-state index is 12.4. The predicted molar refractivity (Wildman–Crippen MR) is 95.2 cm³/mol. The number of hydrogen-bond donors (Lipinski definition) is 1. The lowest BCUT2D eigenvalue weighted by atomic mass is 10.1. The van der Waals surface area contributed by atoms with Gasteiger partial charge in [0.15, 0.2) is 0 Å². The van der Waals surface area contributed by atoms with E-state index in [0.29, 0.717) is 13.1 Å². The highest BCUT2D eigenvalue weighted by Gasteiger charge is 2.30. The number of para-hydroxylation sites is 1. The summed E-state index contributed by atoms with van der Waals surface area (Å²) in [6, 6.07) is 17.2. The van der Waals surface area contributed by atoms with Crippen LogP contribution in [0.2, 0.25) is 0 Å². The number of benzene rings is 2. The van der Waals surface area contributed by atoms with Gasteiger partial charge in [-0.3, -0.25) is 9.69 Å². The van der Waals surface area contributed by atoms with E-state index >= 15 is 0 Å². The summed E-state index contributed by atoms with van der Waals surface area (Å²) in [6.45, 7) is 3.31. The minimum atomic E-state index is -0.178. The molecule has 5 heteroatoms. The molecule has 1 aliphatic rings. The fraction of sp³-hybridized carbons (Fsp3) is 0.263. The van der Waals surface area contributed by atoms with Crippen molar-refractivity contribution in [1.29, 1.82) is 0 Å². The summed E-state index contributed by atoms with van der Waals surface area (Å²) in [5.74, 6) is -0.178. The van der Waals surface area contributed by atoms with Gasteiger partial charge < -0.3 is 10.2 Å². The average molecular weight is 323 g/mol. The summed E-state index contributed by atoms with van der Waals surface area (Å²) >= 11 is 0. The molecule has 5 nitrogen and oxygen atoms in total. The van der Waals surface area contributed by atoms with Gasteiger partial charge in [0, 0.05) is 24.5 Å². The van der Waals surface area contributed by atoms with Gasteiger partial charge in [0.25, 0.3) is 0 Å². The Morgan fingerprint density at radius 2 is 1.75 bits per heavy atom. The van der Waals surface area contributed by atoms with E-state index in [-0.39, 0.29) is 18.5 Å². The van der Waals surface area contributed by atoms with Crippen LogP contribution < -0.4 is 10.2 Å². The number of rotatable bonds is 5. The summed E-state index contributed by atoms with van der Waals surface area (Å²) in [7, 11) is 0. The van der Waals surface area contributed by atoms with Gasteiger partial charge in [-0.2, -0.15) is 0 Å². The third-order valence-corrected chi connectivity index (χ3v) is 4.14. The lowest BCUT2D eigenvalue weighted by molar-refractivity contribution is -0.116. The van der Waals surface area contributed by atoms with Crippen LogP contribution in [0.1, 0.15) is 12.5 Å². The second kappa shape index (κ2) is 7.17. The first-order valence-corrected chi connectivity index (χ1v) is 8.17. The smallest absolute Gasteiger partial charge is 0.325 e. The molecule has 2 aromatic rings. The average Bonchev–Trinajstić information content (AvgIpc) is 2.97. The fourth-order valence-electron chi connectivity index (χ4n) is 2.77. The first-order chi connectivity index (χ1) is 11.7. The second-order valence-electron chi connectivity index (χ2n) is 5.79. The zero-order valence-electron chi connectivity index (χ0n) is 13.7. The van der Waals surface area contributed by atoms with E-state index in [4.69, 9.17) is 0 Å². The van der Waals surface area contributed by atoms with E-state index in [9.17, 15) is 9.59 Å². The van der Waals surface area contributed by atoms with Crippen molar-refractivity contribution in [3.05, 3.63) is 60.2 Å². The van der Waals surface area contributed by atoms with Gasteiger partial charge >= 0.3 is 6.03 Å². The van der Waals surface area contributed by atoms with Crippen LogP contribution >= 0.6 is 0 Å². The first-order valence-electron chi connectivity index (χ1n) is 8.17. The van der Waals surface area contributed by atoms with E-state index in [2.05, 4.69) is 12.2 Å². The molecule has 0 aromatic heterocycles. The third-order valence-electron chi connectivity index (χ3n) is 4.14. The summed E-state index contributed by atoms with van der Waals surface area (Å²) in [5.41, 5.74) is 2.84. The van der Waals surface area contributed by atoms with Crippen molar-refractivity contribution in [1.82, 2.24) is 4.90 Å². The minimum Gasteiger partial charge on any atom is -0.325 e. The molecular formula is C19H21N3O2. The monoisotopic (exact) mass is 323 g/mol. The Kier molecular flexibility index (Phi) is 4.79.